The summed E-state index contributed by atoms with van der Waals surface area (Å²) in [6, 6.07) is 9.23. The highest BCUT2D eigenvalue weighted by molar-refractivity contribution is 6.31. The average molecular weight is 285 g/mol. The predicted molar refractivity (Wildman–Crippen MR) is 67.4 cm³/mol. The molecule has 1 aromatic carbocycles. The highest BCUT2D eigenvalue weighted by atomic mass is 35.5. The van der Waals surface area contributed by atoms with E-state index in [9.17, 15) is 10.1 Å². The van der Waals surface area contributed by atoms with Crippen molar-refractivity contribution >= 4 is 28.9 Å². The Labute approximate surface area is 112 Å². The first kappa shape index (κ1) is 12.6. The minimum absolute atomic E-state index is 0.174. The van der Waals surface area contributed by atoms with E-state index in [4.69, 9.17) is 27.9 Å². The molecule has 2 aromatic rings. The molecule has 0 atom stereocenters. The molecule has 0 aliphatic carbocycles. The van der Waals surface area contributed by atoms with Crippen molar-refractivity contribution in [1.82, 2.24) is 4.98 Å². The summed E-state index contributed by atoms with van der Waals surface area (Å²) in [4.78, 5) is 13.7. The lowest BCUT2D eigenvalue weighted by molar-refractivity contribution is -0.385. The Morgan fingerprint density at radius 3 is 2.33 bits per heavy atom. The number of hydrogen-bond donors (Lipinski definition) is 0. The summed E-state index contributed by atoms with van der Waals surface area (Å²) in [6.07, 6.45) is 0. The molecule has 0 bridgehead atoms. The molecule has 0 aliphatic heterocycles. The van der Waals surface area contributed by atoms with Crippen LogP contribution in [-0.2, 0) is 0 Å². The Morgan fingerprint density at radius 2 is 1.78 bits per heavy atom. The fraction of sp³-hybridized carbons (Fsp3) is 0. The van der Waals surface area contributed by atoms with Crippen molar-refractivity contribution in [3.05, 3.63) is 56.7 Å². The summed E-state index contributed by atoms with van der Waals surface area (Å²) in [5.41, 5.74) is -0.264. The molecule has 92 valence electrons. The zero-order valence-electron chi connectivity index (χ0n) is 8.84. The van der Waals surface area contributed by atoms with E-state index < -0.39 is 4.92 Å². The SMILES string of the molecule is O=[N+]([O-])c1ccc(Oc2ccc(Cl)cc2)nc1Cl. The largest absolute Gasteiger partial charge is 0.439 e. The molecule has 1 heterocycles. The maximum absolute atomic E-state index is 10.6. The molecule has 0 amide bonds. The first-order valence-electron chi connectivity index (χ1n) is 4.80. The second-order valence-electron chi connectivity index (χ2n) is 3.27. The van der Waals surface area contributed by atoms with Gasteiger partial charge in [-0.05, 0) is 24.3 Å². The minimum Gasteiger partial charge on any atom is -0.439 e. The third-order valence-corrected chi connectivity index (χ3v) is 2.57. The van der Waals surface area contributed by atoms with E-state index in [1.165, 1.54) is 12.1 Å². The first-order chi connectivity index (χ1) is 8.56. The Bertz CT molecular complexity index is 587. The normalized spacial score (nSPS) is 10.1. The zero-order valence-corrected chi connectivity index (χ0v) is 10.4. The van der Waals surface area contributed by atoms with E-state index in [0.29, 0.717) is 10.8 Å². The number of pyridine rings is 1. The molecule has 0 unspecified atom stereocenters. The van der Waals surface area contributed by atoms with E-state index in [2.05, 4.69) is 4.98 Å². The Balaban J connectivity index is 2.22. The molecule has 7 heteroatoms. The van der Waals surface area contributed by atoms with Crippen LogP contribution in [0.4, 0.5) is 5.69 Å². The van der Waals surface area contributed by atoms with Gasteiger partial charge in [-0.2, -0.15) is 4.98 Å². The molecule has 0 spiro atoms. The lowest BCUT2D eigenvalue weighted by atomic mass is 10.3. The Hall–Kier alpha value is -1.85. The van der Waals surface area contributed by atoms with Crippen molar-refractivity contribution in [1.29, 1.82) is 0 Å². The Kier molecular flexibility index (Phi) is 3.64. The van der Waals surface area contributed by atoms with Gasteiger partial charge in [0.1, 0.15) is 5.75 Å². The number of halogens is 2. The van der Waals surface area contributed by atoms with Crippen LogP contribution < -0.4 is 4.74 Å². The molecule has 0 radical (unpaired) electrons. The quantitative estimate of drug-likeness (QED) is 0.484. The van der Waals surface area contributed by atoms with Crippen LogP contribution in [0.15, 0.2) is 36.4 Å². The summed E-state index contributed by atoms with van der Waals surface area (Å²) in [6.45, 7) is 0. The molecule has 1 aromatic heterocycles. The summed E-state index contributed by atoms with van der Waals surface area (Å²) >= 11 is 11.4. The van der Waals surface area contributed by atoms with Crippen LogP contribution >= 0.6 is 23.2 Å². The van der Waals surface area contributed by atoms with Crippen LogP contribution in [0.3, 0.4) is 0 Å². The molecule has 2 rings (SSSR count). The highest BCUT2D eigenvalue weighted by Crippen LogP contribution is 2.27. The van der Waals surface area contributed by atoms with Gasteiger partial charge in [0.05, 0.1) is 4.92 Å². The number of nitrogens with zero attached hydrogens (tertiary/aromatic N) is 2. The highest BCUT2D eigenvalue weighted by Gasteiger charge is 2.14. The molecule has 0 aliphatic rings. The number of hydrogen-bond acceptors (Lipinski definition) is 4. The van der Waals surface area contributed by atoms with Gasteiger partial charge < -0.3 is 4.74 Å². The van der Waals surface area contributed by atoms with E-state index in [1.807, 2.05) is 0 Å². The summed E-state index contributed by atoms with van der Waals surface area (Å²) < 4.78 is 5.37. The van der Waals surface area contributed by atoms with Crippen LogP contribution in [-0.4, -0.2) is 9.91 Å². The third kappa shape index (κ3) is 2.88. The van der Waals surface area contributed by atoms with Crippen molar-refractivity contribution in [3.63, 3.8) is 0 Å². The zero-order chi connectivity index (χ0) is 13.1. The van der Waals surface area contributed by atoms with Crippen LogP contribution in [0.1, 0.15) is 0 Å². The second kappa shape index (κ2) is 5.20. The van der Waals surface area contributed by atoms with E-state index in [-0.39, 0.29) is 16.7 Å². The smallest absolute Gasteiger partial charge is 0.306 e. The summed E-state index contributed by atoms with van der Waals surface area (Å²) in [5, 5.41) is 10.9. The van der Waals surface area contributed by atoms with Crippen molar-refractivity contribution < 1.29 is 9.66 Å². The van der Waals surface area contributed by atoms with Gasteiger partial charge in [0.15, 0.2) is 0 Å². The number of rotatable bonds is 3. The first-order valence-corrected chi connectivity index (χ1v) is 5.56. The lowest BCUT2D eigenvalue weighted by Crippen LogP contribution is -1.93. The van der Waals surface area contributed by atoms with Crippen LogP contribution in [0.25, 0.3) is 0 Å². The van der Waals surface area contributed by atoms with Crippen LogP contribution in [0.2, 0.25) is 10.2 Å². The van der Waals surface area contributed by atoms with E-state index in [0.717, 1.165) is 0 Å². The molecule has 0 saturated heterocycles. The molecular formula is C11H6Cl2N2O3. The molecule has 0 N–H and O–H groups in total. The second-order valence-corrected chi connectivity index (χ2v) is 4.07. The van der Waals surface area contributed by atoms with Crippen LogP contribution in [0, 0.1) is 10.1 Å². The van der Waals surface area contributed by atoms with Gasteiger partial charge in [0.2, 0.25) is 11.0 Å². The van der Waals surface area contributed by atoms with Gasteiger partial charge in [0.25, 0.3) is 0 Å². The fourth-order valence-electron chi connectivity index (χ4n) is 1.23. The average Bonchev–Trinajstić information content (AvgIpc) is 2.32. The summed E-state index contributed by atoms with van der Waals surface area (Å²) in [5.74, 6) is 0.685. The fourth-order valence-corrected chi connectivity index (χ4v) is 1.57. The minimum atomic E-state index is -0.610. The van der Waals surface area contributed by atoms with Gasteiger partial charge in [0, 0.05) is 17.2 Å². The van der Waals surface area contributed by atoms with Crippen molar-refractivity contribution in [2.45, 2.75) is 0 Å². The number of ether oxygens (including phenoxy) is 1. The van der Waals surface area contributed by atoms with Crippen molar-refractivity contribution in [2.75, 3.05) is 0 Å². The topological polar surface area (TPSA) is 65.3 Å². The van der Waals surface area contributed by atoms with Crippen molar-refractivity contribution in [2.24, 2.45) is 0 Å². The van der Waals surface area contributed by atoms with Crippen LogP contribution in [0.5, 0.6) is 11.6 Å². The standard InChI is InChI=1S/C11H6Cl2N2O3/c12-7-1-3-8(4-2-7)18-10-6-5-9(15(16)17)11(13)14-10/h1-6H. The molecule has 0 saturated carbocycles. The number of benzene rings is 1. The van der Waals surface area contributed by atoms with Gasteiger partial charge in [-0.15, -0.1) is 0 Å². The van der Waals surface area contributed by atoms with Gasteiger partial charge in [-0.3, -0.25) is 10.1 Å². The summed E-state index contributed by atoms with van der Waals surface area (Å²) in [7, 11) is 0. The Morgan fingerprint density at radius 1 is 1.11 bits per heavy atom. The van der Waals surface area contributed by atoms with Gasteiger partial charge >= 0.3 is 5.69 Å². The molecule has 18 heavy (non-hydrogen) atoms. The monoisotopic (exact) mass is 284 g/mol. The lowest BCUT2D eigenvalue weighted by Gasteiger charge is -2.04. The third-order valence-electron chi connectivity index (χ3n) is 2.04. The maximum Gasteiger partial charge on any atom is 0.306 e. The maximum atomic E-state index is 10.6. The number of aromatic nitrogens is 1. The van der Waals surface area contributed by atoms with Gasteiger partial charge in [-0.25, -0.2) is 0 Å². The van der Waals surface area contributed by atoms with Gasteiger partial charge in [-0.1, -0.05) is 23.2 Å². The van der Waals surface area contributed by atoms with Crippen molar-refractivity contribution in [3.8, 4) is 11.6 Å². The molecular weight excluding hydrogens is 279 g/mol. The number of nitro groups is 1. The van der Waals surface area contributed by atoms with E-state index in [1.54, 1.807) is 24.3 Å². The predicted octanol–water partition coefficient (Wildman–Crippen LogP) is 4.09. The molecule has 0 fully saturated rings. The van der Waals surface area contributed by atoms with E-state index >= 15 is 0 Å². The molecule has 5 nitrogen and oxygen atoms in total.